The van der Waals surface area contributed by atoms with Gasteiger partial charge in [-0.25, -0.2) is 0 Å². The summed E-state index contributed by atoms with van der Waals surface area (Å²) in [5.41, 5.74) is 14.0. The van der Waals surface area contributed by atoms with Gasteiger partial charge in [0.2, 0.25) is 35.6 Å². The van der Waals surface area contributed by atoms with E-state index in [1.54, 1.807) is 54.3 Å². The van der Waals surface area contributed by atoms with Crippen LogP contribution >= 0.6 is 15.9 Å². The van der Waals surface area contributed by atoms with Gasteiger partial charge in [-0.15, -0.1) is 0 Å². The molecule has 2 aromatic carbocycles. The molecule has 0 radical (unpaired) electrons. The van der Waals surface area contributed by atoms with Crippen LogP contribution in [0.4, 0.5) is 29.5 Å². The highest BCUT2D eigenvalue weighted by Crippen LogP contribution is 2.25. The van der Waals surface area contributed by atoms with E-state index >= 15 is 0 Å². The van der Waals surface area contributed by atoms with Crippen molar-refractivity contribution in [2.24, 2.45) is 0 Å². The van der Waals surface area contributed by atoms with Crippen molar-refractivity contribution in [3.05, 3.63) is 113 Å². The second kappa shape index (κ2) is 28.0. The maximum Gasteiger partial charge on any atom is 0.245 e. The fourth-order valence-electron chi connectivity index (χ4n) is 7.85. The van der Waals surface area contributed by atoms with Crippen molar-refractivity contribution in [3.8, 4) is 0 Å². The minimum atomic E-state index is 0.00837. The van der Waals surface area contributed by atoms with Crippen LogP contribution < -0.4 is 27.0 Å². The lowest BCUT2D eigenvalue weighted by molar-refractivity contribution is -0.124. The molecule has 2 fully saturated rings. The number of nitrogens with two attached hydrogens (primary N) is 1. The van der Waals surface area contributed by atoms with Crippen molar-refractivity contribution in [3.63, 3.8) is 0 Å². The molecule has 2 amide bonds. The second-order valence-electron chi connectivity index (χ2n) is 19.0. The molecule has 2 aliphatic heterocycles. The lowest BCUT2D eigenvalue weighted by Gasteiger charge is -2.23. The number of aromatic nitrogens is 8. The first-order chi connectivity index (χ1) is 35.2. The van der Waals surface area contributed by atoms with Crippen LogP contribution in [0.25, 0.3) is 11.3 Å². The number of allylic oxidation sites excluding steroid dienone is 2. The quantitative estimate of drug-likeness (QED) is 0.0312. The zero-order chi connectivity index (χ0) is 52.3. The van der Waals surface area contributed by atoms with Crippen molar-refractivity contribution in [2.75, 3.05) is 86.9 Å². The zero-order valence-corrected chi connectivity index (χ0v) is 45.2. The van der Waals surface area contributed by atoms with Gasteiger partial charge in [-0.1, -0.05) is 92.2 Å². The maximum atomic E-state index is 11.7. The molecule has 4 aromatic heterocycles. The SMILES string of the molecule is CC(C)c1cnn2c(NCc3cccc(CC/C=C/C(=O)N(C)C)c3)nc(NC3CCOCC3)nc12.CC(C)c1cnn2c(NCc3cccc(N)c3)nc(NC3CCOCC3)nc12.CN(C)C(=O)/C=C/CBr. The molecular weight excluding hydrogens is 991 g/mol. The summed E-state index contributed by atoms with van der Waals surface area (Å²) in [6.07, 6.45) is 16.1. The zero-order valence-electron chi connectivity index (χ0n) is 43.6. The lowest BCUT2D eigenvalue weighted by atomic mass is 10.1. The fraction of sp³-hybridized carbons (Fsp3) is 0.472. The van der Waals surface area contributed by atoms with Crippen molar-refractivity contribution < 1.29 is 19.1 Å². The molecule has 0 aliphatic carbocycles. The predicted octanol–water partition coefficient (Wildman–Crippen LogP) is 8.09. The number of carbonyl (C=O) groups is 2. The van der Waals surface area contributed by atoms with Crippen molar-refractivity contribution in [1.29, 1.82) is 0 Å². The number of likely N-dealkylation sites (N-methyl/N-ethyl adjacent to an activating group) is 2. The van der Waals surface area contributed by atoms with Crippen LogP contribution in [0.5, 0.6) is 0 Å². The molecule has 0 saturated carbocycles. The number of rotatable bonds is 18. The molecule has 0 spiro atoms. The minimum absolute atomic E-state index is 0.00837. The molecule has 2 saturated heterocycles. The van der Waals surface area contributed by atoms with Crippen LogP contribution in [0.15, 0.2) is 85.2 Å². The number of fused-ring (bicyclic) bond motifs is 2. The number of hydrogen-bond donors (Lipinski definition) is 5. The molecule has 0 bridgehead atoms. The summed E-state index contributed by atoms with van der Waals surface area (Å²) in [6.45, 7) is 12.8. The van der Waals surface area contributed by atoms with Crippen LogP contribution in [0.1, 0.15) is 99.5 Å². The largest absolute Gasteiger partial charge is 0.399 e. The third-order valence-electron chi connectivity index (χ3n) is 12.1. The Morgan fingerprint density at radius 2 is 1.14 bits per heavy atom. The maximum absolute atomic E-state index is 11.7. The second-order valence-corrected chi connectivity index (χ2v) is 19.7. The molecule has 392 valence electrons. The predicted molar refractivity (Wildman–Crippen MR) is 294 cm³/mol. The number of aryl methyl sites for hydroxylation is 1. The third kappa shape index (κ3) is 17.0. The van der Waals surface area contributed by atoms with Gasteiger partial charge in [-0.2, -0.15) is 39.2 Å². The number of alkyl halides is 1. The summed E-state index contributed by atoms with van der Waals surface area (Å²) in [4.78, 5) is 44.6. The summed E-state index contributed by atoms with van der Waals surface area (Å²) in [5, 5.41) is 23.7. The highest BCUT2D eigenvalue weighted by molar-refractivity contribution is 9.09. The van der Waals surface area contributed by atoms with E-state index in [0.29, 0.717) is 60.8 Å². The average molecular weight is 1070 g/mol. The fourth-order valence-corrected chi connectivity index (χ4v) is 8.04. The van der Waals surface area contributed by atoms with E-state index in [-0.39, 0.29) is 11.8 Å². The Bertz CT molecular complexity index is 2760. The lowest BCUT2D eigenvalue weighted by Crippen LogP contribution is -2.29. The van der Waals surface area contributed by atoms with E-state index in [4.69, 9.17) is 35.1 Å². The van der Waals surface area contributed by atoms with Gasteiger partial charge in [-0.3, -0.25) is 9.59 Å². The van der Waals surface area contributed by atoms with E-state index in [9.17, 15) is 9.59 Å². The number of amides is 2. The number of nitrogen functional groups attached to an aromatic ring is 1. The van der Waals surface area contributed by atoms with Gasteiger partial charge >= 0.3 is 0 Å². The minimum Gasteiger partial charge on any atom is -0.399 e. The van der Waals surface area contributed by atoms with Gasteiger partial charge in [0, 0.05) is 102 Å². The monoisotopic (exact) mass is 1060 g/mol. The number of benzene rings is 2. The molecule has 19 nitrogen and oxygen atoms in total. The molecule has 6 heterocycles. The van der Waals surface area contributed by atoms with Crippen LogP contribution in [-0.2, 0) is 38.6 Å². The Hall–Kier alpha value is -6.64. The number of nitrogens with one attached hydrogen (secondary N) is 4. The van der Waals surface area contributed by atoms with Crippen LogP contribution in [0.3, 0.4) is 0 Å². The van der Waals surface area contributed by atoms with E-state index in [0.717, 1.165) is 110 Å². The van der Waals surface area contributed by atoms with Crippen molar-refractivity contribution in [2.45, 2.75) is 103 Å². The molecule has 73 heavy (non-hydrogen) atoms. The molecule has 8 rings (SSSR count). The summed E-state index contributed by atoms with van der Waals surface area (Å²) in [7, 11) is 6.96. The first kappa shape index (κ1) is 55.7. The van der Waals surface area contributed by atoms with Gasteiger partial charge in [0.05, 0.1) is 12.4 Å². The number of carbonyl (C=O) groups excluding carboxylic acids is 2. The standard InChI is InChI=1S/C27H37N7O2.C20H27N7O.C6H10BrNO/c1-19(2)23-18-29-34-25(23)31-26(30-22-12-14-36-15-13-22)32-27(34)28-17-21-10-7-9-20(16-21)8-5-6-11-24(35)33(3)4;1-13(2)17-12-23-27-18(17)25-19(24-16-6-8-28-9-7-16)26-20(27)22-11-14-4-3-5-15(21)10-14;1-8(2)6(9)4-3-5-7/h6-7,9-11,16,18-19,22H,5,8,12-15,17H2,1-4H3,(H2,28,30,31,32);3-5,10,12-13,16H,6-9,11,21H2,1-2H3,(H2,22,24,25,26);3-4H,5H2,1-2H3/b11-6+;;4-3+. The molecule has 20 heteroatoms. The Balaban J connectivity index is 0.000000208. The smallest absolute Gasteiger partial charge is 0.245 e. The average Bonchev–Trinajstić information content (AvgIpc) is 4.02. The first-order valence-electron chi connectivity index (χ1n) is 25.1. The summed E-state index contributed by atoms with van der Waals surface area (Å²) in [5.74, 6) is 3.23. The molecule has 0 atom stereocenters. The number of anilines is 5. The molecule has 0 unspecified atom stereocenters. The topological polar surface area (TPSA) is 219 Å². The molecule has 6 aromatic rings. The number of hydrogen-bond acceptors (Lipinski definition) is 15. The van der Waals surface area contributed by atoms with E-state index in [1.807, 2.05) is 42.7 Å². The molecule has 6 N–H and O–H groups in total. The Morgan fingerprint density at radius 1 is 0.685 bits per heavy atom. The Labute approximate surface area is 438 Å². The van der Waals surface area contributed by atoms with Gasteiger partial charge in [0.25, 0.3) is 0 Å². The number of ether oxygens (including phenoxy) is 2. The first-order valence-corrected chi connectivity index (χ1v) is 26.2. The summed E-state index contributed by atoms with van der Waals surface area (Å²) < 4.78 is 14.5. The van der Waals surface area contributed by atoms with Crippen LogP contribution in [0, 0.1) is 0 Å². The number of nitrogens with zero attached hydrogens (tertiary/aromatic N) is 10. The molecular formula is C53H74BrN15O4. The van der Waals surface area contributed by atoms with E-state index in [1.165, 1.54) is 16.5 Å². The van der Waals surface area contributed by atoms with Gasteiger partial charge in [0.1, 0.15) is 0 Å². The van der Waals surface area contributed by atoms with E-state index < -0.39 is 0 Å². The summed E-state index contributed by atoms with van der Waals surface area (Å²) in [6, 6.07) is 16.9. The van der Waals surface area contributed by atoms with Crippen molar-refractivity contribution in [1.82, 2.24) is 49.0 Å². The van der Waals surface area contributed by atoms with Crippen molar-refractivity contribution >= 4 is 68.5 Å². The Kier molecular flexibility index (Phi) is 21.3. The van der Waals surface area contributed by atoms with Crippen LogP contribution in [-0.4, -0.2) is 133 Å². The third-order valence-corrected chi connectivity index (χ3v) is 12.5. The Morgan fingerprint density at radius 3 is 1.59 bits per heavy atom. The highest BCUT2D eigenvalue weighted by Gasteiger charge is 2.21. The van der Waals surface area contributed by atoms with Crippen LogP contribution in [0.2, 0.25) is 0 Å². The van der Waals surface area contributed by atoms with E-state index in [2.05, 4.69) is 99.4 Å². The molecule has 2 aliphatic rings. The number of halogens is 1. The van der Waals surface area contributed by atoms with Gasteiger partial charge in [-0.05, 0) is 91.3 Å². The summed E-state index contributed by atoms with van der Waals surface area (Å²) >= 11 is 3.17. The van der Waals surface area contributed by atoms with Gasteiger partial charge < -0.3 is 46.3 Å². The van der Waals surface area contributed by atoms with Gasteiger partial charge in [0.15, 0.2) is 11.3 Å². The highest BCUT2D eigenvalue weighted by atomic mass is 79.9. The normalized spacial score (nSPS) is 14.3.